The van der Waals surface area contributed by atoms with E-state index in [2.05, 4.69) is 9.10 Å². The summed E-state index contributed by atoms with van der Waals surface area (Å²) < 4.78 is 42.2. The van der Waals surface area contributed by atoms with Crippen LogP contribution < -0.4 is 14.2 Å². The van der Waals surface area contributed by atoms with Gasteiger partial charge in [0, 0.05) is 5.38 Å². The van der Waals surface area contributed by atoms with Crippen molar-refractivity contribution >= 4 is 27.2 Å². The number of anilines is 1. The molecule has 118 valence electrons. The summed E-state index contributed by atoms with van der Waals surface area (Å²) in [5.41, 5.74) is 2.68. The molecule has 1 aromatic heterocycles. The maximum Gasteiger partial charge on any atom is 0.268 e. The van der Waals surface area contributed by atoms with Gasteiger partial charge >= 0.3 is 0 Å². The highest BCUT2D eigenvalue weighted by molar-refractivity contribution is 7.93. The van der Waals surface area contributed by atoms with Crippen molar-refractivity contribution in [1.29, 1.82) is 0 Å². The van der Waals surface area contributed by atoms with Crippen LogP contribution in [0.1, 0.15) is 17.5 Å². The number of hydrogen-bond acceptors (Lipinski definition) is 6. The summed E-state index contributed by atoms with van der Waals surface area (Å²) in [7, 11) is -0.847. The standard InChI is InChI=1S/C14H16N2O4S2/c1-19-11-7-6-9-4-3-5-10(9)13(11)16-22(17,18)12-8-21-15-14(12)20-2/h6-8,16H,3-5H2,1-2H3. The number of ether oxygens (including phenoxy) is 2. The predicted molar refractivity (Wildman–Crippen MR) is 84.5 cm³/mol. The molecule has 0 unspecified atom stereocenters. The van der Waals surface area contributed by atoms with E-state index in [4.69, 9.17) is 9.47 Å². The summed E-state index contributed by atoms with van der Waals surface area (Å²) in [6, 6.07) is 3.79. The van der Waals surface area contributed by atoms with Gasteiger partial charge in [0.05, 0.1) is 19.9 Å². The second kappa shape index (κ2) is 5.77. The van der Waals surface area contributed by atoms with Crippen LogP contribution in [0.5, 0.6) is 11.6 Å². The largest absolute Gasteiger partial charge is 0.495 e. The molecule has 0 spiro atoms. The van der Waals surface area contributed by atoms with E-state index in [9.17, 15) is 8.42 Å². The number of aromatic nitrogens is 1. The quantitative estimate of drug-likeness (QED) is 0.904. The van der Waals surface area contributed by atoms with E-state index in [-0.39, 0.29) is 10.8 Å². The molecule has 1 aromatic carbocycles. The average Bonchev–Trinajstić information content (AvgIpc) is 3.16. The third-order valence-corrected chi connectivity index (χ3v) is 5.80. The first-order valence-electron chi connectivity index (χ1n) is 6.76. The lowest BCUT2D eigenvalue weighted by atomic mass is 10.1. The molecule has 1 heterocycles. The molecule has 0 fully saturated rings. The van der Waals surface area contributed by atoms with Crippen molar-refractivity contribution in [3.8, 4) is 11.6 Å². The van der Waals surface area contributed by atoms with Gasteiger partial charge in [0.15, 0.2) is 4.90 Å². The minimum atomic E-state index is -3.77. The first-order valence-corrected chi connectivity index (χ1v) is 9.08. The van der Waals surface area contributed by atoms with E-state index in [1.165, 1.54) is 19.6 Å². The van der Waals surface area contributed by atoms with Gasteiger partial charge in [-0.1, -0.05) is 6.07 Å². The zero-order chi connectivity index (χ0) is 15.7. The number of fused-ring (bicyclic) bond motifs is 1. The minimum absolute atomic E-state index is 0.0395. The Morgan fingerprint density at radius 2 is 2.05 bits per heavy atom. The fourth-order valence-electron chi connectivity index (χ4n) is 2.65. The molecular formula is C14H16N2O4S2. The number of hydrogen-bond donors (Lipinski definition) is 1. The fraction of sp³-hybridized carbons (Fsp3) is 0.357. The Hall–Kier alpha value is -1.80. The molecule has 22 heavy (non-hydrogen) atoms. The first-order chi connectivity index (χ1) is 10.6. The Labute approximate surface area is 133 Å². The normalized spacial score (nSPS) is 13.7. The van der Waals surface area contributed by atoms with Gasteiger partial charge in [-0.3, -0.25) is 4.72 Å². The summed E-state index contributed by atoms with van der Waals surface area (Å²) >= 11 is 1.04. The highest BCUT2D eigenvalue weighted by Gasteiger charge is 2.26. The molecule has 8 heteroatoms. The molecule has 0 atom stereocenters. The molecule has 2 aromatic rings. The molecule has 6 nitrogen and oxygen atoms in total. The van der Waals surface area contributed by atoms with E-state index in [1.54, 1.807) is 6.07 Å². The Bertz CT molecular complexity index is 799. The van der Waals surface area contributed by atoms with Gasteiger partial charge in [-0.25, -0.2) is 8.42 Å². The van der Waals surface area contributed by atoms with Gasteiger partial charge in [-0.15, -0.1) is 0 Å². The van der Waals surface area contributed by atoms with Crippen LogP contribution in [-0.2, 0) is 22.9 Å². The van der Waals surface area contributed by atoms with E-state index < -0.39 is 10.0 Å². The Morgan fingerprint density at radius 1 is 1.23 bits per heavy atom. The van der Waals surface area contributed by atoms with Crippen LogP contribution in [0.4, 0.5) is 5.69 Å². The van der Waals surface area contributed by atoms with Crippen molar-refractivity contribution < 1.29 is 17.9 Å². The topological polar surface area (TPSA) is 77.5 Å². The number of aryl methyl sites for hydroxylation is 1. The SMILES string of the molecule is COc1ccc2c(c1NS(=O)(=O)c1csnc1OC)CCC2. The molecule has 0 radical (unpaired) electrons. The summed E-state index contributed by atoms with van der Waals surface area (Å²) in [6.45, 7) is 0. The first kappa shape index (κ1) is 15.1. The molecule has 3 rings (SSSR count). The molecule has 0 aliphatic heterocycles. The zero-order valence-electron chi connectivity index (χ0n) is 12.3. The van der Waals surface area contributed by atoms with E-state index in [0.29, 0.717) is 11.4 Å². The molecule has 0 amide bonds. The van der Waals surface area contributed by atoms with Crippen LogP contribution in [-0.4, -0.2) is 27.0 Å². The molecule has 0 bridgehead atoms. The number of nitrogens with one attached hydrogen (secondary N) is 1. The Morgan fingerprint density at radius 3 is 2.77 bits per heavy atom. The third kappa shape index (κ3) is 2.52. The maximum atomic E-state index is 12.6. The summed E-state index contributed by atoms with van der Waals surface area (Å²) in [5.74, 6) is 0.621. The molecule has 1 N–H and O–H groups in total. The number of nitrogens with zero attached hydrogens (tertiary/aromatic N) is 1. The van der Waals surface area contributed by atoms with Crippen LogP contribution in [0, 0.1) is 0 Å². The molecule has 0 saturated heterocycles. The van der Waals surface area contributed by atoms with E-state index in [1.807, 2.05) is 6.07 Å². The Balaban J connectivity index is 2.05. The summed E-state index contributed by atoms with van der Waals surface area (Å²) in [6.07, 6.45) is 2.81. The summed E-state index contributed by atoms with van der Waals surface area (Å²) in [5, 5.41) is 1.46. The number of benzene rings is 1. The van der Waals surface area contributed by atoms with Gasteiger partial charge < -0.3 is 9.47 Å². The van der Waals surface area contributed by atoms with E-state index >= 15 is 0 Å². The third-order valence-electron chi connectivity index (χ3n) is 3.69. The minimum Gasteiger partial charge on any atom is -0.495 e. The van der Waals surface area contributed by atoms with Crippen LogP contribution in [0.25, 0.3) is 0 Å². The van der Waals surface area contributed by atoms with Crippen molar-refractivity contribution in [2.45, 2.75) is 24.2 Å². The lowest BCUT2D eigenvalue weighted by Crippen LogP contribution is -2.15. The van der Waals surface area contributed by atoms with Crippen LogP contribution in [0.2, 0.25) is 0 Å². The zero-order valence-corrected chi connectivity index (χ0v) is 13.9. The molecule has 0 saturated carbocycles. The second-order valence-corrected chi connectivity index (χ2v) is 7.21. The lowest BCUT2D eigenvalue weighted by molar-refractivity contribution is 0.391. The molecule has 1 aliphatic rings. The lowest BCUT2D eigenvalue weighted by Gasteiger charge is -2.15. The number of methoxy groups -OCH3 is 2. The molecular weight excluding hydrogens is 324 g/mol. The summed E-state index contributed by atoms with van der Waals surface area (Å²) in [4.78, 5) is 0.0395. The van der Waals surface area contributed by atoms with Crippen LogP contribution in [0.15, 0.2) is 22.4 Å². The predicted octanol–water partition coefficient (Wildman–Crippen LogP) is 2.45. The van der Waals surface area contributed by atoms with Gasteiger partial charge in [0.25, 0.3) is 10.0 Å². The smallest absolute Gasteiger partial charge is 0.268 e. The van der Waals surface area contributed by atoms with Crippen molar-refractivity contribution in [2.24, 2.45) is 0 Å². The van der Waals surface area contributed by atoms with Gasteiger partial charge in [-0.2, -0.15) is 4.37 Å². The second-order valence-electron chi connectivity index (χ2n) is 4.93. The fourth-order valence-corrected chi connectivity index (χ4v) is 4.82. The highest BCUT2D eigenvalue weighted by Crippen LogP contribution is 2.38. The monoisotopic (exact) mass is 340 g/mol. The van der Waals surface area contributed by atoms with Gasteiger partial charge in [0.2, 0.25) is 5.88 Å². The van der Waals surface area contributed by atoms with Crippen molar-refractivity contribution in [3.63, 3.8) is 0 Å². The highest BCUT2D eigenvalue weighted by atomic mass is 32.2. The van der Waals surface area contributed by atoms with Crippen molar-refractivity contribution in [2.75, 3.05) is 18.9 Å². The number of rotatable bonds is 5. The van der Waals surface area contributed by atoms with Crippen LogP contribution in [0.3, 0.4) is 0 Å². The van der Waals surface area contributed by atoms with Crippen molar-refractivity contribution in [3.05, 3.63) is 28.6 Å². The van der Waals surface area contributed by atoms with Gasteiger partial charge in [-0.05, 0) is 48.0 Å². The van der Waals surface area contributed by atoms with Crippen LogP contribution >= 0.6 is 11.5 Å². The number of sulfonamides is 1. The Kier molecular flexibility index (Phi) is 3.96. The van der Waals surface area contributed by atoms with Crippen molar-refractivity contribution in [1.82, 2.24) is 4.37 Å². The average molecular weight is 340 g/mol. The maximum absolute atomic E-state index is 12.6. The van der Waals surface area contributed by atoms with Gasteiger partial charge in [0.1, 0.15) is 5.75 Å². The molecule has 1 aliphatic carbocycles. The van der Waals surface area contributed by atoms with E-state index in [0.717, 1.165) is 41.9 Å².